The number of benzene rings is 1. The third-order valence-corrected chi connectivity index (χ3v) is 5.41. The predicted octanol–water partition coefficient (Wildman–Crippen LogP) is 3.12. The molecular weight excluding hydrogens is 441 g/mol. The van der Waals surface area contributed by atoms with Crippen LogP contribution in [0.2, 0.25) is 0 Å². The number of aryl methyl sites for hydroxylation is 1. The average Bonchev–Trinajstić information content (AvgIpc) is 3.40. The second-order valence-electron chi connectivity index (χ2n) is 7.77. The Bertz CT molecular complexity index is 1070. The van der Waals surface area contributed by atoms with Crippen LogP contribution in [-0.2, 0) is 10.9 Å². The first kappa shape index (κ1) is 22.5. The second-order valence-corrected chi connectivity index (χ2v) is 7.77. The summed E-state index contributed by atoms with van der Waals surface area (Å²) in [5.41, 5.74) is 2.67. The van der Waals surface area contributed by atoms with E-state index in [0.717, 1.165) is 23.5 Å². The first-order valence-electron chi connectivity index (χ1n) is 10.2. The molecule has 9 nitrogen and oxygen atoms in total. The summed E-state index contributed by atoms with van der Waals surface area (Å²) < 4.78 is 43.1. The van der Waals surface area contributed by atoms with E-state index in [-0.39, 0.29) is 13.2 Å². The highest BCUT2D eigenvalue weighted by Gasteiger charge is 2.40. The molecule has 1 N–H and O–H groups in total. The molecule has 1 aromatic carbocycles. The summed E-state index contributed by atoms with van der Waals surface area (Å²) >= 11 is 0. The van der Waals surface area contributed by atoms with E-state index in [2.05, 4.69) is 20.4 Å². The Kier molecular flexibility index (Phi) is 5.91. The molecule has 0 aliphatic carbocycles. The van der Waals surface area contributed by atoms with Gasteiger partial charge in [0.2, 0.25) is 5.82 Å². The van der Waals surface area contributed by atoms with Crippen molar-refractivity contribution in [2.75, 3.05) is 19.7 Å². The third kappa shape index (κ3) is 4.73. The number of hydrogen-bond acceptors (Lipinski definition) is 6. The van der Waals surface area contributed by atoms with Crippen molar-refractivity contribution in [3.05, 3.63) is 59.2 Å². The predicted molar refractivity (Wildman–Crippen MR) is 110 cm³/mol. The molecule has 0 radical (unpaired) electrons. The third-order valence-electron chi connectivity index (χ3n) is 5.41. The molecule has 0 spiro atoms. The number of urea groups is 1. The van der Waals surface area contributed by atoms with Gasteiger partial charge in [-0.15, -0.1) is 0 Å². The molecule has 1 saturated heterocycles. The van der Waals surface area contributed by atoms with E-state index in [1.54, 1.807) is 6.92 Å². The number of carbonyl (C=O) groups is 2. The molecule has 4 rings (SSSR count). The largest absolute Gasteiger partial charge is 0.451 e. The maximum atomic E-state index is 12.9. The van der Waals surface area contributed by atoms with Crippen LogP contribution in [0.4, 0.5) is 22.8 Å². The Morgan fingerprint density at radius 3 is 2.45 bits per heavy atom. The fourth-order valence-electron chi connectivity index (χ4n) is 3.58. The number of hydrazone groups is 1. The SMILES string of the molecule is Cc1ccc(C2=NN(C(=O)NC(C)c3cnc(C(F)(F)F)nc3)C[C@@H]2N2CCOC2=O)cc1. The normalized spacial score (nSPS) is 19.4. The molecule has 3 amide bonds. The number of aromatic nitrogens is 2. The molecule has 2 aliphatic rings. The van der Waals surface area contributed by atoms with Gasteiger partial charge in [0.15, 0.2) is 0 Å². The maximum Gasteiger partial charge on any atom is 0.451 e. The Morgan fingerprint density at radius 2 is 1.88 bits per heavy atom. The van der Waals surface area contributed by atoms with Crippen LogP contribution in [0.1, 0.15) is 35.5 Å². The lowest BCUT2D eigenvalue weighted by Gasteiger charge is -2.23. The number of ether oxygens (including phenoxy) is 1. The van der Waals surface area contributed by atoms with E-state index in [1.807, 2.05) is 31.2 Å². The minimum Gasteiger partial charge on any atom is -0.448 e. The molecule has 12 heteroatoms. The molecule has 33 heavy (non-hydrogen) atoms. The van der Waals surface area contributed by atoms with Crippen molar-refractivity contribution in [2.24, 2.45) is 5.10 Å². The summed E-state index contributed by atoms with van der Waals surface area (Å²) in [4.78, 5) is 33.2. The van der Waals surface area contributed by atoms with Crippen molar-refractivity contribution in [3.63, 3.8) is 0 Å². The highest BCUT2D eigenvalue weighted by molar-refractivity contribution is 6.07. The minimum absolute atomic E-state index is 0.111. The second kappa shape index (κ2) is 8.68. The van der Waals surface area contributed by atoms with Crippen LogP contribution in [0.25, 0.3) is 0 Å². The van der Waals surface area contributed by atoms with Crippen LogP contribution < -0.4 is 5.32 Å². The highest BCUT2D eigenvalue weighted by atomic mass is 19.4. The van der Waals surface area contributed by atoms with Crippen LogP contribution in [0.3, 0.4) is 0 Å². The zero-order valence-corrected chi connectivity index (χ0v) is 17.8. The first-order valence-corrected chi connectivity index (χ1v) is 10.2. The Balaban J connectivity index is 1.52. The van der Waals surface area contributed by atoms with Crippen LogP contribution in [0.15, 0.2) is 41.8 Å². The van der Waals surface area contributed by atoms with E-state index in [9.17, 15) is 22.8 Å². The van der Waals surface area contributed by atoms with Gasteiger partial charge in [-0.1, -0.05) is 29.8 Å². The summed E-state index contributed by atoms with van der Waals surface area (Å²) in [6.07, 6.45) is -3.07. The monoisotopic (exact) mass is 462 g/mol. The number of hydrogen-bond donors (Lipinski definition) is 1. The summed E-state index contributed by atoms with van der Waals surface area (Å²) in [5, 5.41) is 8.34. The van der Waals surface area contributed by atoms with Gasteiger partial charge < -0.3 is 10.1 Å². The molecule has 1 fully saturated rings. The summed E-state index contributed by atoms with van der Waals surface area (Å²) in [6.45, 7) is 4.29. The van der Waals surface area contributed by atoms with Crippen molar-refractivity contribution in [2.45, 2.75) is 32.1 Å². The number of halogens is 3. The number of nitrogens with zero attached hydrogens (tertiary/aromatic N) is 5. The van der Waals surface area contributed by atoms with Crippen LogP contribution >= 0.6 is 0 Å². The maximum absolute atomic E-state index is 12.9. The molecule has 3 heterocycles. The molecule has 0 bridgehead atoms. The molecular formula is C21H21F3N6O3. The summed E-state index contributed by atoms with van der Waals surface area (Å²) in [7, 11) is 0. The van der Waals surface area contributed by atoms with Crippen LogP contribution in [0.5, 0.6) is 0 Å². The van der Waals surface area contributed by atoms with Gasteiger partial charge in [-0.3, -0.25) is 4.90 Å². The summed E-state index contributed by atoms with van der Waals surface area (Å²) in [5.74, 6) is -1.25. The van der Waals surface area contributed by atoms with Crippen molar-refractivity contribution < 1.29 is 27.5 Å². The van der Waals surface area contributed by atoms with Gasteiger partial charge in [0.05, 0.1) is 30.9 Å². The zero-order chi connectivity index (χ0) is 23.8. The quantitative estimate of drug-likeness (QED) is 0.753. The molecule has 1 aromatic heterocycles. The van der Waals surface area contributed by atoms with Gasteiger partial charge in [0.25, 0.3) is 0 Å². The van der Waals surface area contributed by atoms with E-state index in [1.165, 1.54) is 9.91 Å². The highest BCUT2D eigenvalue weighted by Crippen LogP contribution is 2.26. The number of cyclic esters (lactones) is 1. The van der Waals surface area contributed by atoms with Crippen LogP contribution in [0, 0.1) is 6.92 Å². The van der Waals surface area contributed by atoms with Crippen molar-refractivity contribution >= 4 is 17.8 Å². The molecule has 1 unspecified atom stereocenters. The molecule has 2 aromatic rings. The van der Waals surface area contributed by atoms with E-state index in [4.69, 9.17) is 4.74 Å². The number of amides is 3. The molecule has 2 aliphatic heterocycles. The number of nitrogens with one attached hydrogen (secondary N) is 1. The van der Waals surface area contributed by atoms with Gasteiger partial charge in [0, 0.05) is 18.0 Å². The van der Waals surface area contributed by atoms with Crippen LogP contribution in [-0.4, -0.2) is 63.5 Å². The lowest BCUT2D eigenvalue weighted by molar-refractivity contribution is -0.145. The molecule has 174 valence electrons. The average molecular weight is 462 g/mol. The first-order chi connectivity index (χ1) is 15.6. The van der Waals surface area contributed by atoms with Crippen molar-refractivity contribution in [1.82, 2.24) is 25.2 Å². The lowest BCUT2D eigenvalue weighted by Crippen LogP contribution is -2.46. The lowest BCUT2D eigenvalue weighted by atomic mass is 10.0. The fraction of sp³-hybridized carbons (Fsp3) is 0.381. The van der Waals surface area contributed by atoms with Gasteiger partial charge in [-0.2, -0.15) is 18.3 Å². The van der Waals surface area contributed by atoms with Gasteiger partial charge in [-0.25, -0.2) is 24.6 Å². The van der Waals surface area contributed by atoms with Crippen molar-refractivity contribution in [1.29, 1.82) is 0 Å². The Morgan fingerprint density at radius 1 is 1.21 bits per heavy atom. The smallest absolute Gasteiger partial charge is 0.448 e. The number of alkyl halides is 3. The van der Waals surface area contributed by atoms with E-state index >= 15 is 0 Å². The molecule has 0 saturated carbocycles. The Hall–Kier alpha value is -3.70. The van der Waals surface area contributed by atoms with E-state index in [0.29, 0.717) is 17.8 Å². The molecule has 2 atom stereocenters. The standard InChI is InChI=1S/C21H21F3N6O3/c1-12-3-5-14(6-4-12)17-16(29-7-8-33-20(29)32)11-30(28-17)19(31)27-13(2)15-9-25-18(26-10-15)21(22,23)24/h3-6,9-10,13,16H,7-8,11H2,1-2H3,(H,27,31)/t13?,16-/m0/s1. The minimum atomic E-state index is -4.65. The zero-order valence-electron chi connectivity index (χ0n) is 17.8. The van der Waals surface area contributed by atoms with E-state index < -0.39 is 36.2 Å². The van der Waals surface area contributed by atoms with Gasteiger partial charge in [-0.05, 0) is 19.4 Å². The fourth-order valence-corrected chi connectivity index (χ4v) is 3.58. The Labute approximate surface area is 187 Å². The number of carbonyl (C=O) groups excluding carboxylic acids is 2. The van der Waals surface area contributed by atoms with Gasteiger partial charge >= 0.3 is 18.3 Å². The number of rotatable bonds is 4. The van der Waals surface area contributed by atoms with Gasteiger partial charge in [0.1, 0.15) is 6.61 Å². The van der Waals surface area contributed by atoms with Crippen molar-refractivity contribution in [3.8, 4) is 0 Å². The summed E-state index contributed by atoms with van der Waals surface area (Å²) in [6, 6.07) is 5.83. The topological polar surface area (TPSA) is 100 Å².